The number of aromatic amines is 1. The molecule has 0 radical (unpaired) electrons. The molecule has 0 spiro atoms. The molecular weight excluding hydrogens is 364 g/mol. The lowest BCUT2D eigenvalue weighted by molar-refractivity contribution is 1.22. The molecular formula is C23H14N4S. The molecule has 132 valence electrons. The summed E-state index contributed by atoms with van der Waals surface area (Å²) in [5.74, 6) is 0. The zero-order valence-electron chi connectivity index (χ0n) is 14.8. The van der Waals surface area contributed by atoms with Crippen molar-refractivity contribution < 1.29 is 0 Å². The number of hydrogen-bond acceptors (Lipinski definition) is 4. The fourth-order valence-electron chi connectivity index (χ4n) is 3.57. The van der Waals surface area contributed by atoms with Gasteiger partial charge in [0, 0.05) is 39.3 Å². The SMILES string of the molecule is c1ccc2[nH]c(-c3ccc4sc(-c5ccc6ncncc6c5)nc4c3)cc2c1. The molecule has 0 saturated carbocycles. The maximum Gasteiger partial charge on any atom is 0.124 e. The summed E-state index contributed by atoms with van der Waals surface area (Å²) in [5.41, 5.74) is 6.46. The fourth-order valence-corrected chi connectivity index (χ4v) is 4.51. The first-order valence-corrected chi connectivity index (χ1v) is 9.84. The number of thiazole rings is 1. The quantitative estimate of drug-likeness (QED) is 0.399. The summed E-state index contributed by atoms with van der Waals surface area (Å²) in [6, 6.07) is 23.2. The smallest absolute Gasteiger partial charge is 0.124 e. The number of para-hydroxylation sites is 1. The zero-order valence-corrected chi connectivity index (χ0v) is 15.6. The van der Waals surface area contributed by atoms with Gasteiger partial charge in [-0.2, -0.15) is 0 Å². The third-order valence-electron chi connectivity index (χ3n) is 4.98. The molecule has 1 N–H and O–H groups in total. The van der Waals surface area contributed by atoms with E-state index in [0.717, 1.165) is 43.8 Å². The van der Waals surface area contributed by atoms with E-state index in [0.29, 0.717) is 0 Å². The van der Waals surface area contributed by atoms with E-state index < -0.39 is 0 Å². The highest BCUT2D eigenvalue weighted by atomic mass is 32.1. The van der Waals surface area contributed by atoms with Gasteiger partial charge in [0.25, 0.3) is 0 Å². The van der Waals surface area contributed by atoms with E-state index in [-0.39, 0.29) is 0 Å². The maximum atomic E-state index is 4.89. The van der Waals surface area contributed by atoms with Gasteiger partial charge in [0.1, 0.15) is 11.3 Å². The van der Waals surface area contributed by atoms with Gasteiger partial charge in [-0.05, 0) is 42.5 Å². The molecule has 0 aliphatic rings. The number of nitrogens with one attached hydrogen (secondary N) is 1. The molecule has 3 heterocycles. The van der Waals surface area contributed by atoms with Gasteiger partial charge in [-0.3, -0.25) is 0 Å². The molecule has 0 bridgehead atoms. The van der Waals surface area contributed by atoms with Crippen LogP contribution in [0, 0.1) is 0 Å². The van der Waals surface area contributed by atoms with Crippen LogP contribution in [0.15, 0.2) is 79.3 Å². The van der Waals surface area contributed by atoms with Crippen LogP contribution in [0.25, 0.3) is 53.9 Å². The van der Waals surface area contributed by atoms with Crippen molar-refractivity contribution in [1.29, 1.82) is 0 Å². The van der Waals surface area contributed by atoms with Crippen LogP contribution < -0.4 is 0 Å². The van der Waals surface area contributed by atoms with E-state index in [9.17, 15) is 0 Å². The van der Waals surface area contributed by atoms with Crippen LogP contribution in [0.1, 0.15) is 0 Å². The Morgan fingerprint density at radius 2 is 1.71 bits per heavy atom. The number of H-pyrrole nitrogens is 1. The second-order valence-electron chi connectivity index (χ2n) is 6.77. The Bertz CT molecular complexity index is 1450. The molecule has 3 aromatic heterocycles. The molecule has 0 saturated heterocycles. The van der Waals surface area contributed by atoms with Crippen molar-refractivity contribution in [2.75, 3.05) is 0 Å². The van der Waals surface area contributed by atoms with E-state index in [4.69, 9.17) is 4.98 Å². The van der Waals surface area contributed by atoms with Gasteiger partial charge in [-0.1, -0.05) is 24.3 Å². The number of hydrogen-bond donors (Lipinski definition) is 1. The minimum atomic E-state index is 0.945. The van der Waals surface area contributed by atoms with E-state index in [1.807, 2.05) is 18.3 Å². The molecule has 0 aliphatic heterocycles. The summed E-state index contributed by atoms with van der Waals surface area (Å²) >= 11 is 1.71. The van der Waals surface area contributed by atoms with Crippen LogP contribution in [0.3, 0.4) is 0 Å². The summed E-state index contributed by atoms with van der Waals surface area (Å²) in [6.07, 6.45) is 3.42. The summed E-state index contributed by atoms with van der Waals surface area (Å²) in [7, 11) is 0. The van der Waals surface area contributed by atoms with Crippen LogP contribution in [0.5, 0.6) is 0 Å². The van der Waals surface area contributed by atoms with E-state index in [2.05, 4.69) is 69.5 Å². The topological polar surface area (TPSA) is 54.5 Å². The zero-order chi connectivity index (χ0) is 18.5. The van der Waals surface area contributed by atoms with Gasteiger partial charge < -0.3 is 4.98 Å². The molecule has 0 atom stereocenters. The van der Waals surface area contributed by atoms with Gasteiger partial charge in [0.15, 0.2) is 0 Å². The molecule has 3 aromatic carbocycles. The standard InChI is InChI=1S/C23H14N4S/c1-2-4-19-14(3-1)10-20(26-19)15-6-8-22-21(11-15)27-23(28-22)16-5-7-18-17(9-16)12-24-13-25-18/h1-13,26H. The average molecular weight is 378 g/mol. The maximum absolute atomic E-state index is 4.89. The number of aromatic nitrogens is 4. The number of fused-ring (bicyclic) bond motifs is 3. The minimum absolute atomic E-state index is 0.945. The molecule has 4 nitrogen and oxygen atoms in total. The highest BCUT2D eigenvalue weighted by molar-refractivity contribution is 7.21. The Hall–Kier alpha value is -3.57. The molecule has 5 heteroatoms. The van der Waals surface area contributed by atoms with E-state index in [1.54, 1.807) is 17.7 Å². The summed E-state index contributed by atoms with van der Waals surface area (Å²) < 4.78 is 1.18. The lowest BCUT2D eigenvalue weighted by Gasteiger charge is -1.99. The molecule has 6 aromatic rings. The first-order valence-electron chi connectivity index (χ1n) is 9.02. The van der Waals surface area contributed by atoms with Crippen LogP contribution in [0.2, 0.25) is 0 Å². The lowest BCUT2D eigenvalue weighted by atomic mass is 10.1. The second kappa shape index (κ2) is 5.97. The van der Waals surface area contributed by atoms with Gasteiger partial charge in [-0.25, -0.2) is 15.0 Å². The Morgan fingerprint density at radius 1 is 0.786 bits per heavy atom. The normalized spacial score (nSPS) is 11.6. The third-order valence-corrected chi connectivity index (χ3v) is 6.07. The molecule has 0 aliphatic carbocycles. The molecule has 6 rings (SSSR count). The Balaban J connectivity index is 1.45. The minimum Gasteiger partial charge on any atom is -0.355 e. The van der Waals surface area contributed by atoms with Crippen LogP contribution in [-0.4, -0.2) is 19.9 Å². The summed E-state index contributed by atoms with van der Waals surface area (Å²) in [5, 5.41) is 3.25. The van der Waals surface area contributed by atoms with Crippen molar-refractivity contribution >= 4 is 43.4 Å². The van der Waals surface area contributed by atoms with Crippen molar-refractivity contribution in [3.05, 3.63) is 79.3 Å². The van der Waals surface area contributed by atoms with E-state index in [1.165, 1.54) is 10.1 Å². The van der Waals surface area contributed by atoms with Crippen molar-refractivity contribution in [3.63, 3.8) is 0 Å². The van der Waals surface area contributed by atoms with Gasteiger partial charge in [0.2, 0.25) is 0 Å². The van der Waals surface area contributed by atoms with Crippen molar-refractivity contribution in [2.24, 2.45) is 0 Å². The molecule has 0 fully saturated rings. The predicted octanol–water partition coefficient (Wildman–Crippen LogP) is 6.05. The van der Waals surface area contributed by atoms with Crippen LogP contribution in [0.4, 0.5) is 0 Å². The average Bonchev–Trinajstić information content (AvgIpc) is 3.37. The van der Waals surface area contributed by atoms with Crippen molar-refractivity contribution in [2.45, 2.75) is 0 Å². The summed E-state index contributed by atoms with van der Waals surface area (Å²) in [4.78, 5) is 16.8. The number of nitrogens with zero attached hydrogens (tertiary/aromatic N) is 3. The predicted molar refractivity (Wildman–Crippen MR) is 115 cm³/mol. The fraction of sp³-hybridized carbons (Fsp3) is 0. The first-order chi connectivity index (χ1) is 13.8. The Morgan fingerprint density at radius 3 is 2.68 bits per heavy atom. The van der Waals surface area contributed by atoms with Gasteiger partial charge >= 0.3 is 0 Å². The second-order valence-corrected chi connectivity index (χ2v) is 7.80. The highest BCUT2D eigenvalue weighted by Gasteiger charge is 2.10. The third kappa shape index (κ3) is 2.48. The largest absolute Gasteiger partial charge is 0.355 e. The lowest BCUT2D eigenvalue weighted by Crippen LogP contribution is -1.82. The Labute approximate surface area is 164 Å². The number of benzene rings is 3. The molecule has 0 amide bonds. The van der Waals surface area contributed by atoms with Crippen LogP contribution >= 0.6 is 11.3 Å². The van der Waals surface area contributed by atoms with Gasteiger partial charge in [0.05, 0.1) is 15.7 Å². The Kier molecular flexibility index (Phi) is 3.30. The van der Waals surface area contributed by atoms with E-state index >= 15 is 0 Å². The number of rotatable bonds is 2. The molecule has 0 unspecified atom stereocenters. The molecule has 28 heavy (non-hydrogen) atoms. The monoisotopic (exact) mass is 378 g/mol. The van der Waals surface area contributed by atoms with Crippen molar-refractivity contribution in [1.82, 2.24) is 19.9 Å². The van der Waals surface area contributed by atoms with Gasteiger partial charge in [-0.15, -0.1) is 11.3 Å². The van der Waals surface area contributed by atoms with Crippen molar-refractivity contribution in [3.8, 4) is 21.8 Å². The first kappa shape index (κ1) is 15.5. The summed E-state index contributed by atoms with van der Waals surface area (Å²) in [6.45, 7) is 0. The highest BCUT2D eigenvalue weighted by Crippen LogP contribution is 2.34. The van der Waals surface area contributed by atoms with Crippen LogP contribution in [-0.2, 0) is 0 Å².